The first-order chi connectivity index (χ1) is 12.2. The third-order valence-corrected chi connectivity index (χ3v) is 4.66. The molecule has 0 unspecified atom stereocenters. The van der Waals surface area contributed by atoms with Crippen LogP contribution in [0.1, 0.15) is 37.7 Å². The fraction of sp³-hybridized carbons (Fsp3) is 0.333. The van der Waals surface area contributed by atoms with E-state index in [-0.39, 0.29) is 6.04 Å². The molecule has 1 aliphatic rings. The third kappa shape index (κ3) is 4.84. The molecule has 1 fully saturated rings. The Morgan fingerprint density at radius 2 is 1.96 bits per heavy atom. The number of aromatic nitrogens is 1. The van der Waals surface area contributed by atoms with Gasteiger partial charge in [0.15, 0.2) is 5.84 Å². The van der Waals surface area contributed by atoms with Crippen molar-refractivity contribution in [3.8, 4) is 11.6 Å². The molecule has 2 aromatic rings. The minimum Gasteiger partial charge on any atom is -0.437 e. The summed E-state index contributed by atoms with van der Waals surface area (Å²) < 4.78 is 5.66. The molecule has 25 heavy (non-hydrogen) atoms. The van der Waals surface area contributed by atoms with Crippen LogP contribution in [0, 0.1) is 0 Å². The van der Waals surface area contributed by atoms with Gasteiger partial charge in [0.25, 0.3) is 0 Å². The molecular formula is C18H19Cl2N3O2. The highest BCUT2D eigenvalue weighted by atomic mass is 35.5. The minimum absolute atomic E-state index is 0.240. The quantitative estimate of drug-likeness (QED) is 0.433. The average molecular weight is 380 g/mol. The van der Waals surface area contributed by atoms with E-state index in [0.29, 0.717) is 33.1 Å². The molecule has 0 spiro atoms. The number of pyridine rings is 1. The largest absolute Gasteiger partial charge is 0.437 e. The maximum Gasteiger partial charge on any atom is 0.219 e. The number of halogens is 2. The Bertz CT molecular complexity index is 744. The van der Waals surface area contributed by atoms with Gasteiger partial charge < -0.3 is 4.74 Å². The van der Waals surface area contributed by atoms with Gasteiger partial charge in [0.05, 0.1) is 11.1 Å². The summed E-state index contributed by atoms with van der Waals surface area (Å²) in [5.41, 5.74) is 2.87. The predicted molar refractivity (Wildman–Crippen MR) is 99.1 cm³/mol. The second-order valence-corrected chi connectivity index (χ2v) is 6.79. The zero-order valence-electron chi connectivity index (χ0n) is 13.6. The highest BCUT2D eigenvalue weighted by Crippen LogP contribution is 2.31. The Morgan fingerprint density at radius 3 is 2.64 bits per heavy atom. The van der Waals surface area contributed by atoms with Crippen LogP contribution in [0.2, 0.25) is 10.0 Å². The van der Waals surface area contributed by atoms with E-state index >= 15 is 0 Å². The first kappa shape index (κ1) is 18.0. The van der Waals surface area contributed by atoms with Gasteiger partial charge in [-0.05, 0) is 31.0 Å². The number of hydroxylamine groups is 1. The van der Waals surface area contributed by atoms with Crippen LogP contribution in [0.15, 0.2) is 41.5 Å². The molecule has 3 rings (SSSR count). The zero-order chi connectivity index (χ0) is 17.6. The molecule has 0 atom stereocenters. The number of hydrogen-bond acceptors (Lipinski definition) is 4. The van der Waals surface area contributed by atoms with Gasteiger partial charge in [-0.2, -0.15) is 0 Å². The van der Waals surface area contributed by atoms with Crippen molar-refractivity contribution in [3.05, 3.63) is 52.1 Å². The lowest BCUT2D eigenvalue weighted by molar-refractivity contribution is 0.233. The van der Waals surface area contributed by atoms with E-state index in [1.54, 1.807) is 36.5 Å². The molecule has 0 amide bonds. The van der Waals surface area contributed by atoms with Crippen molar-refractivity contribution in [1.82, 2.24) is 10.5 Å². The van der Waals surface area contributed by atoms with Crippen molar-refractivity contribution in [1.29, 1.82) is 0 Å². The minimum atomic E-state index is 0.240. The summed E-state index contributed by atoms with van der Waals surface area (Å²) in [6.07, 6.45) is 7.31. The molecule has 0 radical (unpaired) electrons. The van der Waals surface area contributed by atoms with Crippen molar-refractivity contribution in [2.45, 2.75) is 38.1 Å². The van der Waals surface area contributed by atoms with Gasteiger partial charge in [0.1, 0.15) is 5.75 Å². The number of amidine groups is 1. The van der Waals surface area contributed by atoms with Crippen LogP contribution in [0.5, 0.6) is 11.6 Å². The fourth-order valence-corrected chi connectivity index (χ4v) is 3.13. The van der Waals surface area contributed by atoms with Crippen LogP contribution >= 0.6 is 23.2 Å². The van der Waals surface area contributed by atoms with E-state index in [9.17, 15) is 5.21 Å². The third-order valence-electron chi connectivity index (χ3n) is 4.11. The molecule has 1 aromatic carbocycles. The second kappa shape index (κ2) is 8.52. The summed E-state index contributed by atoms with van der Waals surface area (Å²) in [7, 11) is 0. The van der Waals surface area contributed by atoms with Gasteiger partial charge in [0, 0.05) is 28.9 Å². The molecule has 1 saturated carbocycles. The fourth-order valence-electron chi connectivity index (χ4n) is 2.81. The van der Waals surface area contributed by atoms with Crippen molar-refractivity contribution in [3.63, 3.8) is 0 Å². The predicted octanol–water partition coefficient (Wildman–Crippen LogP) is 5.24. The SMILES string of the molecule is ONC(=NC1CCCCC1)c1ccc(Oc2cc(Cl)ccc2Cl)nc1. The summed E-state index contributed by atoms with van der Waals surface area (Å²) in [5, 5.41) is 10.4. The number of nitrogens with zero attached hydrogens (tertiary/aromatic N) is 2. The molecule has 1 heterocycles. The number of benzene rings is 1. The number of nitrogens with one attached hydrogen (secondary N) is 1. The summed E-state index contributed by atoms with van der Waals surface area (Å²) in [4.78, 5) is 8.85. The Morgan fingerprint density at radius 1 is 1.16 bits per heavy atom. The lowest BCUT2D eigenvalue weighted by Crippen LogP contribution is -2.24. The Labute approximate surface area is 156 Å². The van der Waals surface area contributed by atoms with Crippen molar-refractivity contribution in [2.24, 2.45) is 4.99 Å². The lowest BCUT2D eigenvalue weighted by atomic mass is 9.96. The van der Waals surface area contributed by atoms with E-state index in [0.717, 1.165) is 12.8 Å². The van der Waals surface area contributed by atoms with Gasteiger partial charge in [0.2, 0.25) is 5.88 Å². The van der Waals surface area contributed by atoms with Crippen molar-refractivity contribution in [2.75, 3.05) is 0 Å². The highest BCUT2D eigenvalue weighted by molar-refractivity contribution is 6.34. The van der Waals surface area contributed by atoms with Crippen LogP contribution in [-0.2, 0) is 0 Å². The Balaban J connectivity index is 1.74. The maximum absolute atomic E-state index is 9.41. The van der Waals surface area contributed by atoms with Crippen LogP contribution in [0.4, 0.5) is 0 Å². The van der Waals surface area contributed by atoms with E-state index in [4.69, 9.17) is 27.9 Å². The normalized spacial score (nSPS) is 15.9. The number of hydrogen-bond donors (Lipinski definition) is 2. The molecule has 5 nitrogen and oxygen atoms in total. The Hall–Kier alpha value is -1.82. The summed E-state index contributed by atoms with van der Waals surface area (Å²) in [6, 6.07) is 8.70. The molecule has 1 aromatic heterocycles. The standard InChI is InChI=1S/C18H19Cl2N3O2/c19-13-7-8-15(20)16(10-13)25-17-9-6-12(11-21-17)18(23-24)22-14-4-2-1-3-5-14/h6-11,14,24H,1-5H2,(H,22,23). The van der Waals surface area contributed by atoms with E-state index in [2.05, 4.69) is 15.5 Å². The molecule has 132 valence electrons. The highest BCUT2D eigenvalue weighted by Gasteiger charge is 2.14. The smallest absolute Gasteiger partial charge is 0.219 e. The van der Waals surface area contributed by atoms with Gasteiger partial charge >= 0.3 is 0 Å². The van der Waals surface area contributed by atoms with E-state index in [1.165, 1.54) is 19.3 Å². The molecule has 1 aliphatic carbocycles. The van der Waals surface area contributed by atoms with Crippen LogP contribution in [0.3, 0.4) is 0 Å². The molecule has 0 bridgehead atoms. The first-order valence-corrected chi connectivity index (χ1v) is 8.98. The first-order valence-electron chi connectivity index (χ1n) is 8.23. The van der Waals surface area contributed by atoms with E-state index in [1.807, 2.05) is 0 Å². The van der Waals surface area contributed by atoms with Gasteiger partial charge in [-0.1, -0.05) is 42.5 Å². The topological polar surface area (TPSA) is 66.7 Å². The molecular weight excluding hydrogens is 361 g/mol. The van der Waals surface area contributed by atoms with Crippen LogP contribution < -0.4 is 10.2 Å². The van der Waals surface area contributed by atoms with E-state index < -0.39 is 0 Å². The van der Waals surface area contributed by atoms with Crippen molar-refractivity contribution >= 4 is 29.0 Å². The zero-order valence-corrected chi connectivity index (χ0v) is 15.1. The van der Waals surface area contributed by atoms with Crippen LogP contribution in [0.25, 0.3) is 0 Å². The number of rotatable bonds is 4. The average Bonchev–Trinajstić information content (AvgIpc) is 2.64. The monoisotopic (exact) mass is 379 g/mol. The summed E-state index contributed by atoms with van der Waals surface area (Å²) >= 11 is 12.0. The lowest BCUT2D eigenvalue weighted by Gasteiger charge is -2.19. The molecule has 7 heteroatoms. The van der Waals surface area contributed by atoms with Crippen molar-refractivity contribution < 1.29 is 9.94 Å². The molecule has 2 N–H and O–H groups in total. The number of aliphatic imine (C=N–C) groups is 1. The Kier molecular flexibility index (Phi) is 6.13. The maximum atomic E-state index is 9.41. The summed E-state index contributed by atoms with van der Waals surface area (Å²) in [5.74, 6) is 1.24. The van der Waals surface area contributed by atoms with Gasteiger partial charge in [-0.25, -0.2) is 4.98 Å². The second-order valence-electron chi connectivity index (χ2n) is 5.94. The number of ether oxygens (including phenoxy) is 1. The summed E-state index contributed by atoms with van der Waals surface area (Å²) in [6.45, 7) is 0. The van der Waals surface area contributed by atoms with Gasteiger partial charge in [-0.15, -0.1) is 0 Å². The van der Waals surface area contributed by atoms with Gasteiger partial charge in [-0.3, -0.25) is 15.7 Å². The van der Waals surface area contributed by atoms with Crippen LogP contribution in [-0.4, -0.2) is 22.1 Å². The molecule has 0 saturated heterocycles. The molecule has 0 aliphatic heterocycles.